The summed E-state index contributed by atoms with van der Waals surface area (Å²) in [5.41, 5.74) is 0. The van der Waals surface area contributed by atoms with E-state index < -0.39 is 24.2 Å². The molecule has 0 spiro atoms. The molecule has 0 amide bonds. The molecule has 72 valence electrons. The predicted molar refractivity (Wildman–Crippen MR) is 15.7 cm³/mol. The van der Waals surface area contributed by atoms with Crippen LogP contribution >= 0.6 is 0 Å². The fourth-order valence-electron chi connectivity index (χ4n) is 0. The predicted octanol–water partition coefficient (Wildman–Crippen LogP) is 3.40. The monoisotopic (exact) mass is 280 g/mol. The summed E-state index contributed by atoms with van der Waals surface area (Å²) in [5.74, 6) is 0. The van der Waals surface area contributed by atoms with Crippen LogP contribution in [0.15, 0.2) is 0 Å². The molecule has 0 aromatic rings. The fourth-order valence-corrected chi connectivity index (χ4v) is 0. The SMILES string of the molecule is FB(F)F.[F][Mo]([F])([F])([F])([F])[F]. The van der Waals surface area contributed by atoms with E-state index in [2.05, 4.69) is 0 Å². The van der Waals surface area contributed by atoms with Crippen molar-refractivity contribution in [1.29, 1.82) is 0 Å². The van der Waals surface area contributed by atoms with Crippen LogP contribution in [0.1, 0.15) is 0 Å². The first kappa shape index (κ1) is 13.7. The van der Waals surface area contributed by atoms with Crippen LogP contribution in [0.3, 0.4) is 0 Å². The molecular weight excluding hydrogens is 278 g/mol. The molecule has 0 aromatic carbocycles. The van der Waals surface area contributed by atoms with Gasteiger partial charge in [0.05, 0.1) is 0 Å². The number of hydrogen-bond donors (Lipinski definition) is 0. The second-order valence-corrected chi connectivity index (χ2v) is 5.42. The summed E-state index contributed by atoms with van der Waals surface area (Å²) in [6.07, 6.45) is 0. The Balaban J connectivity index is 0. The van der Waals surface area contributed by atoms with Gasteiger partial charge in [-0.3, -0.25) is 12.9 Å². The van der Waals surface area contributed by atoms with E-state index in [9.17, 15) is 31.9 Å². The average molecular weight is 278 g/mol. The van der Waals surface area contributed by atoms with Crippen LogP contribution in [0.2, 0.25) is 0 Å². The summed E-state index contributed by atoms with van der Waals surface area (Å²) in [4.78, 5) is 0. The summed E-state index contributed by atoms with van der Waals surface area (Å²) in [6, 6.07) is 0. The van der Waals surface area contributed by atoms with Crippen molar-refractivity contribution >= 4 is 7.54 Å². The van der Waals surface area contributed by atoms with Gasteiger partial charge in [0, 0.05) is 0 Å². The maximum absolute atomic E-state index is 11.2. The van der Waals surface area contributed by atoms with E-state index >= 15 is 0 Å². The Morgan fingerprint density at radius 1 is 0.636 bits per heavy atom. The summed E-state index contributed by atoms with van der Waals surface area (Å²) >= 11 is -11.2. The summed E-state index contributed by atoms with van der Waals surface area (Å²) in [5, 5.41) is 0. The summed E-state index contributed by atoms with van der Waals surface area (Å²) in [6.45, 7) is 0. The molecule has 0 saturated carbocycles. The van der Waals surface area contributed by atoms with Crippen LogP contribution < -0.4 is 0 Å². The number of hydrogen-bond acceptors (Lipinski definition) is 0. The Labute approximate surface area is 57.0 Å². The van der Waals surface area contributed by atoms with Crippen molar-refractivity contribution in [3.8, 4) is 0 Å². The van der Waals surface area contributed by atoms with E-state index in [4.69, 9.17) is 0 Å². The van der Waals surface area contributed by atoms with Gasteiger partial charge in [-0.25, -0.2) is 0 Å². The topological polar surface area (TPSA) is 0 Å². The van der Waals surface area contributed by atoms with Crippen molar-refractivity contribution < 1.29 is 48.6 Å². The standard InChI is InChI=1S/BF3.6FH.Mo/c2-1(3)4;;;;;;;/h;6*1H;/q;;;;;;;+6/p-6. The molecule has 0 rings (SSSR count). The van der Waals surface area contributed by atoms with Gasteiger partial charge in [0.15, 0.2) is 0 Å². The van der Waals surface area contributed by atoms with Crippen LogP contribution in [-0.4, -0.2) is 7.54 Å². The zero-order chi connectivity index (χ0) is 9.99. The molecule has 0 fully saturated rings. The molecule has 0 aliphatic heterocycles. The zero-order valence-corrected chi connectivity index (χ0v) is 6.39. The van der Waals surface area contributed by atoms with Gasteiger partial charge in [-0.1, -0.05) is 0 Å². The molecular formula is BF9Mo. The van der Waals surface area contributed by atoms with Crippen molar-refractivity contribution in [2.45, 2.75) is 0 Å². The minimum absolute atomic E-state index is 3.67. The van der Waals surface area contributed by atoms with Crippen LogP contribution in [0.25, 0.3) is 0 Å². The third-order valence-corrected chi connectivity index (χ3v) is 0. The molecule has 0 N–H and O–H groups in total. The minimum atomic E-state index is -11.2. The molecule has 0 atom stereocenters. The van der Waals surface area contributed by atoms with Gasteiger partial charge in [0.25, 0.3) is 0 Å². The Morgan fingerprint density at radius 2 is 0.636 bits per heavy atom. The van der Waals surface area contributed by atoms with E-state index in [-0.39, 0.29) is 0 Å². The molecule has 0 aliphatic carbocycles. The van der Waals surface area contributed by atoms with Crippen molar-refractivity contribution in [3.63, 3.8) is 0 Å². The Morgan fingerprint density at radius 3 is 0.636 bits per heavy atom. The Kier molecular flexibility index (Phi) is 3.19. The second-order valence-electron chi connectivity index (χ2n) is 1.12. The quantitative estimate of drug-likeness (QED) is 0.470. The summed E-state index contributed by atoms with van der Waals surface area (Å²) in [7, 11) is -3.67. The molecule has 0 aromatic heterocycles. The van der Waals surface area contributed by atoms with E-state index in [0.29, 0.717) is 0 Å². The van der Waals surface area contributed by atoms with Crippen LogP contribution in [0.5, 0.6) is 0 Å². The first-order chi connectivity index (χ1) is 4.18. The van der Waals surface area contributed by atoms with E-state index in [1.54, 1.807) is 0 Å². The summed E-state index contributed by atoms with van der Waals surface area (Å²) < 4.78 is 88.5. The third kappa shape index (κ3) is 44000. The first-order valence-corrected chi connectivity index (χ1v) is 6.13. The van der Waals surface area contributed by atoms with Crippen LogP contribution in [0.4, 0.5) is 31.9 Å². The van der Waals surface area contributed by atoms with Crippen molar-refractivity contribution in [2.24, 2.45) is 0 Å². The molecule has 0 heterocycles. The Hall–Kier alpha value is 0.123. The Bertz CT molecular complexity index is 96.3. The third-order valence-electron chi connectivity index (χ3n) is 0. The first-order valence-electron chi connectivity index (χ1n) is 1.58. The fraction of sp³-hybridized carbons (Fsp3) is 0. The second kappa shape index (κ2) is 2.57. The van der Waals surface area contributed by atoms with E-state index in [0.717, 1.165) is 0 Å². The molecule has 0 aliphatic rings. The van der Waals surface area contributed by atoms with Gasteiger partial charge in [-0.15, -0.1) is 0 Å². The molecule has 11 heteroatoms. The molecule has 0 bridgehead atoms. The molecule has 0 saturated heterocycles. The van der Waals surface area contributed by atoms with Crippen LogP contribution in [-0.2, 0) is 16.7 Å². The number of rotatable bonds is 0. The molecule has 11 heavy (non-hydrogen) atoms. The van der Waals surface area contributed by atoms with Crippen molar-refractivity contribution in [3.05, 3.63) is 0 Å². The maximum atomic E-state index is 9.92. The van der Waals surface area contributed by atoms with Gasteiger partial charge < -0.3 is 0 Å². The van der Waals surface area contributed by atoms with E-state index in [1.807, 2.05) is 0 Å². The van der Waals surface area contributed by atoms with Gasteiger partial charge >= 0.3 is 43.2 Å². The van der Waals surface area contributed by atoms with Crippen molar-refractivity contribution in [1.82, 2.24) is 0 Å². The van der Waals surface area contributed by atoms with Crippen molar-refractivity contribution in [2.75, 3.05) is 0 Å². The van der Waals surface area contributed by atoms with Gasteiger partial charge in [0.2, 0.25) is 0 Å². The molecule has 0 unspecified atom stereocenters. The average Bonchev–Trinajstić information content (AvgIpc) is 1.11. The van der Waals surface area contributed by atoms with E-state index in [1.165, 1.54) is 0 Å². The zero-order valence-electron chi connectivity index (χ0n) is 4.39. The molecule has 0 nitrogen and oxygen atoms in total. The van der Waals surface area contributed by atoms with Gasteiger partial charge in [-0.05, 0) is 0 Å². The van der Waals surface area contributed by atoms with Gasteiger partial charge in [0.1, 0.15) is 0 Å². The normalized spacial score (nSPS) is 17.2. The molecule has 0 radical (unpaired) electrons. The van der Waals surface area contributed by atoms with Gasteiger partial charge in [-0.2, -0.15) is 0 Å². The van der Waals surface area contributed by atoms with Crippen LogP contribution in [0, 0.1) is 0 Å². The number of halogens is 9.